The second-order valence-electron chi connectivity index (χ2n) is 13.9. The fraction of sp³-hybridized carbons (Fsp3) is 0.244. The van der Waals surface area contributed by atoms with Crippen LogP contribution in [0.2, 0.25) is 0 Å². The van der Waals surface area contributed by atoms with Gasteiger partial charge in [0.15, 0.2) is 11.5 Å². The smallest absolute Gasteiger partial charge is 0.347 e. The third kappa shape index (κ3) is 8.53. The largest absolute Gasteiger partial charge is 0.508 e. The van der Waals surface area contributed by atoms with Gasteiger partial charge < -0.3 is 39.1 Å². The van der Waals surface area contributed by atoms with Gasteiger partial charge in [0.1, 0.15) is 51.5 Å². The molecule has 4 aromatic carbocycles. The molecule has 13 nitrogen and oxygen atoms in total. The zero-order valence-corrected chi connectivity index (χ0v) is 35.7. The van der Waals surface area contributed by atoms with E-state index in [9.17, 15) is 39.3 Å². The van der Waals surface area contributed by atoms with Crippen molar-refractivity contribution in [3.05, 3.63) is 119 Å². The number of hydrogen-bond acceptors (Lipinski definition) is 12. The molecule has 0 aromatic heterocycles. The second-order valence-corrected chi connectivity index (χ2v) is 14.7. The fourth-order valence-electron chi connectivity index (χ4n) is 7.03. The predicted octanol–water partition coefficient (Wildman–Crippen LogP) is 8.53. The highest BCUT2D eigenvalue weighted by Gasteiger charge is 2.34. The van der Waals surface area contributed by atoms with Crippen LogP contribution in [0, 0.1) is 61.3 Å². The Morgan fingerprint density at radius 3 is 1.80 bits per heavy atom. The summed E-state index contributed by atoms with van der Waals surface area (Å²) in [6, 6.07) is 7.62. The molecule has 0 saturated heterocycles. The van der Waals surface area contributed by atoms with Crippen molar-refractivity contribution in [1.82, 2.24) is 0 Å². The molecule has 0 saturated carbocycles. The maximum Gasteiger partial charge on any atom is 0.347 e. The van der Waals surface area contributed by atoms with Gasteiger partial charge in [-0.3, -0.25) is 9.59 Å². The number of ether oxygens (including phenoxy) is 4. The van der Waals surface area contributed by atoms with Crippen LogP contribution in [-0.2, 0) is 19.1 Å². The van der Waals surface area contributed by atoms with Crippen molar-refractivity contribution in [2.45, 2.75) is 62.3 Å². The molecule has 0 spiro atoms. The third-order valence-electron chi connectivity index (χ3n) is 10.5. The quantitative estimate of drug-likeness (QED) is 0.107. The first-order valence-corrected chi connectivity index (χ1v) is 18.7. The first kappa shape index (κ1) is 45.2. The molecule has 1 aliphatic rings. The monoisotopic (exact) mass is 870 g/mol. The van der Waals surface area contributed by atoms with Gasteiger partial charge >= 0.3 is 23.9 Å². The minimum atomic E-state index is -1.13. The Balaban J connectivity index is 0.00000378. The van der Waals surface area contributed by atoms with Gasteiger partial charge in [0, 0.05) is 11.6 Å². The molecule has 0 bridgehead atoms. The van der Waals surface area contributed by atoms with E-state index in [-0.39, 0.29) is 61.3 Å². The lowest BCUT2D eigenvalue weighted by molar-refractivity contribution is -0.137. The van der Waals surface area contributed by atoms with Crippen LogP contribution in [0.15, 0.2) is 58.3 Å². The molecule has 4 aromatic rings. The number of allylic oxidation sites excluding steroid dienone is 2. The molecule has 308 valence electrons. The summed E-state index contributed by atoms with van der Waals surface area (Å²) in [7, 11) is 1.34. The van der Waals surface area contributed by atoms with E-state index in [0.717, 1.165) is 0 Å². The van der Waals surface area contributed by atoms with Gasteiger partial charge in [0.25, 0.3) is 0 Å². The van der Waals surface area contributed by atoms with E-state index < -0.39 is 35.5 Å². The standard InChI is InChI=1S/C44H41BrO12.CH2O/c1-18-15-29(47)17-31(54-10)33(18)43(52)57-40-25(8)23(6)36(38(48)37(40)45)44(53)55-30-16-19(2)32(21(4)20(30)3)42(51)56-39-24(7)22(5)34(41(49)50)26(9)35(39)27-11-13-28(46)14-12-27;1-2/h11-17,33,46,48H,1-10H3,(H,49,50);1H2. The number of hydrogen-bond donors (Lipinski definition) is 3. The van der Waals surface area contributed by atoms with E-state index in [1.165, 1.54) is 37.5 Å². The third-order valence-corrected chi connectivity index (χ3v) is 11.2. The van der Waals surface area contributed by atoms with Crippen LogP contribution in [0.25, 0.3) is 11.1 Å². The summed E-state index contributed by atoms with van der Waals surface area (Å²) in [5.74, 6) is -5.07. The predicted molar refractivity (Wildman–Crippen MR) is 221 cm³/mol. The number of carbonyl (C=O) groups excluding carboxylic acids is 5. The van der Waals surface area contributed by atoms with Crippen LogP contribution >= 0.6 is 15.9 Å². The molecule has 0 heterocycles. The summed E-state index contributed by atoms with van der Waals surface area (Å²) >= 11 is 3.28. The summed E-state index contributed by atoms with van der Waals surface area (Å²) < 4.78 is 22.9. The summed E-state index contributed by atoms with van der Waals surface area (Å²) in [6.45, 7) is 16.7. The Bertz CT molecular complexity index is 2480. The summed E-state index contributed by atoms with van der Waals surface area (Å²) in [5.41, 5.74) is 4.55. The van der Waals surface area contributed by atoms with Crippen molar-refractivity contribution >= 4 is 52.4 Å². The minimum absolute atomic E-state index is 0.00733. The molecule has 0 aliphatic heterocycles. The number of aromatic carboxylic acids is 1. The molecule has 1 unspecified atom stereocenters. The number of carboxylic acid groups (broad SMARTS) is 1. The van der Waals surface area contributed by atoms with E-state index in [0.29, 0.717) is 55.6 Å². The van der Waals surface area contributed by atoms with Crippen LogP contribution in [0.1, 0.15) is 82.5 Å². The normalized spacial score (nSPS) is 13.3. The van der Waals surface area contributed by atoms with Crippen molar-refractivity contribution in [2.75, 3.05) is 7.11 Å². The summed E-state index contributed by atoms with van der Waals surface area (Å²) in [6.07, 6.45) is 2.50. The van der Waals surface area contributed by atoms with Gasteiger partial charge in [-0.2, -0.15) is 0 Å². The zero-order chi connectivity index (χ0) is 44.4. The lowest BCUT2D eigenvalue weighted by atomic mass is 9.88. The van der Waals surface area contributed by atoms with Crippen molar-refractivity contribution in [2.24, 2.45) is 5.92 Å². The van der Waals surface area contributed by atoms with E-state index in [4.69, 9.17) is 23.7 Å². The summed E-state index contributed by atoms with van der Waals surface area (Å²) in [4.78, 5) is 73.4. The Morgan fingerprint density at radius 1 is 0.678 bits per heavy atom. The molecular weight excluding hydrogens is 828 g/mol. The Labute approximate surface area is 349 Å². The molecule has 1 atom stereocenters. The average molecular weight is 872 g/mol. The SMILES string of the molecule is C=O.COC1=CC(=O)C=C(C)C1C(=O)Oc1c(C)c(C)c(C(=O)Oc2cc(C)c(C(=O)Oc3c(C)c(C)c(C(=O)O)c(C)c3-c3ccc(O)cc3)c(C)c2C)c(O)c1Br. The lowest BCUT2D eigenvalue weighted by Gasteiger charge is -2.23. The number of carboxylic acids is 1. The van der Waals surface area contributed by atoms with Gasteiger partial charge in [-0.25, -0.2) is 14.4 Å². The van der Waals surface area contributed by atoms with Crippen molar-refractivity contribution < 1.29 is 63.0 Å². The Morgan fingerprint density at radius 2 is 1.22 bits per heavy atom. The topological polar surface area (TPSA) is 200 Å². The Hall–Kier alpha value is -6.54. The number of carbonyl (C=O) groups is 6. The number of esters is 3. The van der Waals surface area contributed by atoms with E-state index >= 15 is 0 Å². The summed E-state index contributed by atoms with van der Waals surface area (Å²) in [5, 5.41) is 31.2. The number of methoxy groups -OCH3 is 1. The van der Waals surface area contributed by atoms with Gasteiger partial charge in [-0.05, 0) is 158 Å². The first-order chi connectivity index (χ1) is 27.7. The van der Waals surface area contributed by atoms with Crippen molar-refractivity contribution in [1.29, 1.82) is 0 Å². The molecule has 14 heteroatoms. The Kier molecular flexibility index (Phi) is 13.7. The van der Waals surface area contributed by atoms with Gasteiger partial charge in [-0.1, -0.05) is 12.1 Å². The molecule has 1 aliphatic carbocycles. The zero-order valence-electron chi connectivity index (χ0n) is 34.1. The van der Waals surface area contributed by atoms with Gasteiger partial charge in [-0.15, -0.1) is 0 Å². The van der Waals surface area contributed by atoms with Crippen LogP contribution in [0.4, 0.5) is 0 Å². The van der Waals surface area contributed by atoms with Crippen LogP contribution in [-0.4, -0.2) is 58.9 Å². The molecule has 59 heavy (non-hydrogen) atoms. The van der Waals surface area contributed by atoms with Crippen molar-refractivity contribution in [3.63, 3.8) is 0 Å². The number of benzene rings is 4. The van der Waals surface area contributed by atoms with Crippen LogP contribution in [0.3, 0.4) is 0 Å². The van der Waals surface area contributed by atoms with Gasteiger partial charge in [0.2, 0.25) is 0 Å². The lowest BCUT2D eigenvalue weighted by Crippen LogP contribution is -2.28. The van der Waals surface area contributed by atoms with E-state index in [2.05, 4.69) is 15.9 Å². The number of halogens is 1. The molecule has 0 amide bonds. The molecular formula is C45H43BrO13. The molecule has 0 fully saturated rings. The highest BCUT2D eigenvalue weighted by molar-refractivity contribution is 9.10. The first-order valence-electron chi connectivity index (χ1n) is 17.9. The number of aryl methyl sites for hydroxylation is 1. The van der Waals surface area contributed by atoms with Crippen molar-refractivity contribution in [3.8, 4) is 39.9 Å². The number of phenols is 2. The fourth-order valence-corrected chi connectivity index (χ4v) is 7.61. The number of rotatable bonds is 9. The molecule has 5 rings (SSSR count). The molecule has 3 N–H and O–H groups in total. The van der Waals surface area contributed by atoms with E-state index in [1.807, 2.05) is 6.79 Å². The maximum atomic E-state index is 14.0. The highest BCUT2D eigenvalue weighted by Crippen LogP contribution is 2.45. The minimum Gasteiger partial charge on any atom is -0.508 e. The number of aromatic hydroxyl groups is 2. The van der Waals surface area contributed by atoms with Crippen LogP contribution in [0.5, 0.6) is 28.7 Å². The highest BCUT2D eigenvalue weighted by atomic mass is 79.9. The number of phenolic OH excluding ortho intramolecular Hbond substituents is 2. The second kappa shape index (κ2) is 17.9. The van der Waals surface area contributed by atoms with E-state index in [1.54, 1.807) is 74.4 Å². The maximum absolute atomic E-state index is 14.0. The average Bonchev–Trinajstić information content (AvgIpc) is 3.17. The number of ketones is 1. The molecule has 0 radical (unpaired) electrons. The van der Waals surface area contributed by atoms with Crippen LogP contribution < -0.4 is 14.2 Å². The van der Waals surface area contributed by atoms with Gasteiger partial charge in [0.05, 0.1) is 18.2 Å².